The van der Waals surface area contributed by atoms with Gasteiger partial charge in [0.1, 0.15) is 0 Å². The van der Waals surface area contributed by atoms with E-state index in [4.69, 9.17) is 10.5 Å². The number of halogens is 1. The number of benzene rings is 1. The number of nitrogens with two attached hydrogens (primary N) is 1. The number of anilines is 2. The van der Waals surface area contributed by atoms with Crippen LogP contribution in [0.4, 0.5) is 11.4 Å². The van der Waals surface area contributed by atoms with Crippen LogP contribution in [0.25, 0.3) is 0 Å². The van der Waals surface area contributed by atoms with E-state index in [2.05, 4.69) is 33.6 Å². The van der Waals surface area contributed by atoms with Crippen LogP contribution >= 0.6 is 22.6 Å². The molecule has 1 aromatic rings. The highest BCUT2D eigenvalue weighted by molar-refractivity contribution is 14.1. The number of ether oxygens (including phenoxy) is 1. The first-order chi connectivity index (χ1) is 8.20. The van der Waals surface area contributed by atoms with Gasteiger partial charge in [-0.1, -0.05) is 0 Å². The molecule has 0 aromatic heterocycles. The fourth-order valence-corrected chi connectivity index (χ4v) is 3.24. The summed E-state index contributed by atoms with van der Waals surface area (Å²) in [5.41, 5.74) is 7.93. The van der Waals surface area contributed by atoms with Gasteiger partial charge in [-0.25, -0.2) is 0 Å². The largest absolute Gasteiger partial charge is 0.399 e. The summed E-state index contributed by atoms with van der Waals surface area (Å²) in [4.78, 5) is 2.45. The standard InChI is InChI=1S/C13H19IN2O/c1-17-9-10-4-6-16(7-5-10)13-3-2-11(15)8-12(13)14/h2-3,8,10H,4-7,9,15H2,1H3. The summed E-state index contributed by atoms with van der Waals surface area (Å²) in [5, 5.41) is 0. The van der Waals surface area contributed by atoms with Gasteiger partial charge in [0.2, 0.25) is 0 Å². The van der Waals surface area contributed by atoms with Crippen LogP contribution in [0.2, 0.25) is 0 Å². The maximum Gasteiger partial charge on any atom is 0.0503 e. The van der Waals surface area contributed by atoms with Gasteiger partial charge in [-0.05, 0) is 59.5 Å². The minimum atomic E-state index is 0.725. The van der Waals surface area contributed by atoms with Gasteiger partial charge in [0.15, 0.2) is 0 Å². The van der Waals surface area contributed by atoms with Crippen LogP contribution in [0.15, 0.2) is 18.2 Å². The van der Waals surface area contributed by atoms with Crippen molar-refractivity contribution in [2.24, 2.45) is 5.92 Å². The van der Waals surface area contributed by atoms with Crippen LogP contribution < -0.4 is 10.6 Å². The molecule has 1 saturated heterocycles. The molecule has 1 aliphatic rings. The number of rotatable bonds is 3. The Morgan fingerprint density at radius 2 is 2.12 bits per heavy atom. The van der Waals surface area contributed by atoms with Crippen molar-refractivity contribution in [1.29, 1.82) is 0 Å². The molecule has 1 fully saturated rings. The Morgan fingerprint density at radius 1 is 1.41 bits per heavy atom. The second-order valence-corrected chi connectivity index (χ2v) is 5.76. The summed E-state index contributed by atoms with van der Waals surface area (Å²) in [6.07, 6.45) is 2.43. The molecule has 0 bridgehead atoms. The topological polar surface area (TPSA) is 38.5 Å². The van der Waals surface area contributed by atoms with Gasteiger partial charge < -0.3 is 15.4 Å². The van der Waals surface area contributed by atoms with Gasteiger partial charge in [-0.2, -0.15) is 0 Å². The first-order valence-corrected chi connectivity index (χ1v) is 7.07. The van der Waals surface area contributed by atoms with E-state index in [1.54, 1.807) is 7.11 Å². The Labute approximate surface area is 116 Å². The zero-order valence-electron chi connectivity index (χ0n) is 10.2. The monoisotopic (exact) mass is 346 g/mol. The van der Waals surface area contributed by atoms with Gasteiger partial charge >= 0.3 is 0 Å². The van der Waals surface area contributed by atoms with Crippen molar-refractivity contribution < 1.29 is 4.74 Å². The molecule has 2 rings (SSSR count). The van der Waals surface area contributed by atoms with E-state index in [1.165, 1.54) is 22.1 Å². The fourth-order valence-electron chi connectivity index (χ4n) is 2.36. The van der Waals surface area contributed by atoms with Gasteiger partial charge in [0.05, 0.1) is 5.69 Å². The average molecular weight is 346 g/mol. The lowest BCUT2D eigenvalue weighted by molar-refractivity contribution is 0.139. The van der Waals surface area contributed by atoms with Gasteiger partial charge in [-0.3, -0.25) is 0 Å². The molecular weight excluding hydrogens is 327 g/mol. The predicted octanol–water partition coefficient (Wildman–Crippen LogP) is 2.74. The summed E-state index contributed by atoms with van der Waals surface area (Å²) < 4.78 is 6.47. The lowest BCUT2D eigenvalue weighted by Crippen LogP contribution is -2.35. The summed E-state index contributed by atoms with van der Waals surface area (Å²) in [7, 11) is 1.79. The Morgan fingerprint density at radius 3 is 2.71 bits per heavy atom. The Bertz CT molecular complexity index is 376. The van der Waals surface area contributed by atoms with Crippen LogP contribution in [0.5, 0.6) is 0 Å². The molecule has 17 heavy (non-hydrogen) atoms. The van der Waals surface area contributed by atoms with Crippen molar-refractivity contribution in [2.75, 3.05) is 37.4 Å². The van der Waals surface area contributed by atoms with Crippen molar-refractivity contribution in [1.82, 2.24) is 0 Å². The molecule has 0 aliphatic carbocycles. The third-order valence-electron chi connectivity index (χ3n) is 3.33. The molecule has 0 amide bonds. The number of methoxy groups -OCH3 is 1. The fraction of sp³-hybridized carbons (Fsp3) is 0.538. The van der Waals surface area contributed by atoms with Crippen LogP contribution in [0, 0.1) is 9.49 Å². The van der Waals surface area contributed by atoms with E-state index in [0.29, 0.717) is 0 Å². The van der Waals surface area contributed by atoms with E-state index in [9.17, 15) is 0 Å². The van der Waals surface area contributed by atoms with Gasteiger partial charge in [-0.15, -0.1) is 0 Å². The highest BCUT2D eigenvalue weighted by Crippen LogP contribution is 2.28. The molecule has 94 valence electrons. The molecule has 1 heterocycles. The molecule has 1 aliphatic heterocycles. The maximum atomic E-state index is 5.78. The number of hydrogen-bond donors (Lipinski definition) is 1. The second-order valence-electron chi connectivity index (χ2n) is 4.60. The van der Waals surface area contributed by atoms with Crippen molar-refractivity contribution >= 4 is 34.0 Å². The normalized spacial score (nSPS) is 17.4. The number of hydrogen-bond acceptors (Lipinski definition) is 3. The molecule has 4 heteroatoms. The van der Waals surface area contributed by atoms with Crippen LogP contribution in [0.1, 0.15) is 12.8 Å². The van der Waals surface area contributed by atoms with E-state index >= 15 is 0 Å². The molecule has 0 saturated carbocycles. The summed E-state index contributed by atoms with van der Waals surface area (Å²) in [6, 6.07) is 6.16. The molecule has 3 nitrogen and oxygen atoms in total. The first kappa shape index (κ1) is 13.0. The lowest BCUT2D eigenvalue weighted by atomic mass is 9.97. The third-order valence-corrected chi connectivity index (χ3v) is 4.19. The lowest BCUT2D eigenvalue weighted by Gasteiger charge is -2.34. The Hall–Kier alpha value is -0.490. The SMILES string of the molecule is COCC1CCN(c2ccc(N)cc2I)CC1. The molecular formula is C13H19IN2O. The van der Waals surface area contributed by atoms with Crippen molar-refractivity contribution in [3.63, 3.8) is 0 Å². The maximum absolute atomic E-state index is 5.78. The summed E-state index contributed by atoms with van der Waals surface area (Å²) >= 11 is 2.36. The van der Waals surface area contributed by atoms with E-state index < -0.39 is 0 Å². The molecule has 2 N–H and O–H groups in total. The van der Waals surface area contributed by atoms with Gasteiger partial charge in [0, 0.05) is 36.1 Å². The molecule has 0 radical (unpaired) electrons. The van der Waals surface area contributed by atoms with Crippen LogP contribution in [-0.2, 0) is 4.74 Å². The Kier molecular flexibility index (Phi) is 4.50. The van der Waals surface area contributed by atoms with Crippen LogP contribution in [0.3, 0.4) is 0 Å². The summed E-state index contributed by atoms with van der Waals surface area (Å²) in [6.45, 7) is 3.13. The number of nitrogens with zero attached hydrogens (tertiary/aromatic N) is 1. The quantitative estimate of drug-likeness (QED) is 0.676. The minimum absolute atomic E-state index is 0.725. The Balaban J connectivity index is 2.00. The molecule has 0 spiro atoms. The van der Waals surface area contributed by atoms with E-state index in [1.807, 2.05) is 12.1 Å². The average Bonchev–Trinajstić information content (AvgIpc) is 2.31. The third kappa shape index (κ3) is 3.25. The first-order valence-electron chi connectivity index (χ1n) is 5.99. The highest BCUT2D eigenvalue weighted by Gasteiger charge is 2.20. The van der Waals surface area contributed by atoms with Crippen LogP contribution in [-0.4, -0.2) is 26.8 Å². The van der Waals surface area contributed by atoms with Crippen molar-refractivity contribution in [3.05, 3.63) is 21.8 Å². The number of nitrogen functional groups attached to an aromatic ring is 1. The van der Waals surface area contributed by atoms with Crippen molar-refractivity contribution in [2.45, 2.75) is 12.8 Å². The predicted molar refractivity (Wildman–Crippen MR) is 80.4 cm³/mol. The van der Waals surface area contributed by atoms with E-state index in [-0.39, 0.29) is 0 Å². The smallest absolute Gasteiger partial charge is 0.0503 e. The minimum Gasteiger partial charge on any atom is -0.399 e. The molecule has 1 aromatic carbocycles. The summed E-state index contributed by atoms with van der Waals surface area (Å²) in [5.74, 6) is 0.725. The van der Waals surface area contributed by atoms with Gasteiger partial charge in [0.25, 0.3) is 0 Å². The van der Waals surface area contributed by atoms with Crippen molar-refractivity contribution in [3.8, 4) is 0 Å². The molecule has 0 unspecified atom stereocenters. The zero-order valence-corrected chi connectivity index (χ0v) is 12.3. The highest BCUT2D eigenvalue weighted by atomic mass is 127. The zero-order chi connectivity index (χ0) is 12.3. The number of piperidine rings is 1. The molecule has 0 atom stereocenters. The second kappa shape index (κ2) is 5.91. The van der Waals surface area contributed by atoms with E-state index in [0.717, 1.165) is 31.3 Å².